The first-order valence-electron chi connectivity index (χ1n) is 9.26. The van der Waals surface area contributed by atoms with Gasteiger partial charge in [0.2, 0.25) is 5.78 Å². The summed E-state index contributed by atoms with van der Waals surface area (Å²) >= 11 is 0. The van der Waals surface area contributed by atoms with Crippen molar-refractivity contribution in [1.29, 1.82) is 0 Å². The summed E-state index contributed by atoms with van der Waals surface area (Å²) in [6, 6.07) is 8.00. The van der Waals surface area contributed by atoms with Gasteiger partial charge in [0, 0.05) is 24.4 Å². The number of hydrogen-bond donors (Lipinski definition) is 2. The topological polar surface area (TPSA) is 128 Å². The van der Waals surface area contributed by atoms with Gasteiger partial charge in [-0.25, -0.2) is 4.79 Å². The van der Waals surface area contributed by atoms with Gasteiger partial charge in [-0.3, -0.25) is 14.4 Å². The monoisotopic (exact) mass is 399 g/mol. The second kappa shape index (κ2) is 9.63. The van der Waals surface area contributed by atoms with E-state index < -0.39 is 35.5 Å². The Kier molecular flexibility index (Phi) is 6.72. The van der Waals surface area contributed by atoms with Crippen LogP contribution < -0.4 is 10.6 Å². The zero-order chi connectivity index (χ0) is 20.6. The van der Waals surface area contributed by atoms with Crippen molar-refractivity contribution in [3.8, 4) is 0 Å². The highest BCUT2D eigenvalue weighted by molar-refractivity contribution is 6.37. The molecule has 152 valence electrons. The van der Waals surface area contributed by atoms with E-state index in [1.807, 2.05) is 18.2 Å². The molecule has 1 aromatic heterocycles. The van der Waals surface area contributed by atoms with E-state index in [1.54, 1.807) is 12.1 Å². The third-order valence-corrected chi connectivity index (χ3v) is 4.64. The fourth-order valence-corrected chi connectivity index (χ4v) is 3.10. The van der Waals surface area contributed by atoms with Gasteiger partial charge in [-0.15, -0.1) is 0 Å². The standard InChI is InChI=1S/C20H21N3O6/c24-16(9-14-7-4-8-21-19(26)18(14)25)17(15-10-22-29-12-15)23-20(27)28-11-13-5-2-1-3-6-13/h1-3,5-6,10,12,14,17H,4,7-9,11H2,(H,21,26)(H,23,27). The molecule has 3 rings (SSSR count). The van der Waals surface area contributed by atoms with Crippen molar-refractivity contribution in [2.75, 3.05) is 6.54 Å². The van der Waals surface area contributed by atoms with Crippen molar-refractivity contribution in [2.45, 2.75) is 31.9 Å². The minimum absolute atomic E-state index is 0.0402. The minimum Gasteiger partial charge on any atom is -0.445 e. The highest BCUT2D eigenvalue weighted by Gasteiger charge is 2.33. The molecule has 9 heteroatoms. The average molecular weight is 399 g/mol. The van der Waals surface area contributed by atoms with Crippen LogP contribution in [-0.4, -0.2) is 35.3 Å². The Morgan fingerprint density at radius 2 is 2.07 bits per heavy atom. The van der Waals surface area contributed by atoms with Crippen molar-refractivity contribution in [1.82, 2.24) is 15.8 Å². The molecule has 0 bridgehead atoms. The lowest BCUT2D eigenvalue weighted by Crippen LogP contribution is -2.37. The first kappa shape index (κ1) is 20.2. The zero-order valence-corrected chi connectivity index (χ0v) is 15.6. The van der Waals surface area contributed by atoms with E-state index in [2.05, 4.69) is 15.8 Å². The molecule has 2 N–H and O–H groups in total. The second-order valence-corrected chi connectivity index (χ2v) is 6.73. The van der Waals surface area contributed by atoms with Crippen LogP contribution in [0.25, 0.3) is 0 Å². The molecule has 0 aliphatic carbocycles. The lowest BCUT2D eigenvalue weighted by Gasteiger charge is -2.18. The molecular formula is C20H21N3O6. The molecule has 9 nitrogen and oxygen atoms in total. The number of Topliss-reactive ketones (excluding diaryl/α,β-unsaturated/α-hetero) is 2. The van der Waals surface area contributed by atoms with Crippen molar-refractivity contribution < 1.29 is 28.4 Å². The molecule has 1 saturated heterocycles. The molecule has 29 heavy (non-hydrogen) atoms. The number of carbonyl (C=O) groups excluding carboxylic acids is 4. The molecule has 1 aromatic carbocycles. The molecule has 2 amide bonds. The smallest absolute Gasteiger partial charge is 0.408 e. The van der Waals surface area contributed by atoms with Gasteiger partial charge in [-0.1, -0.05) is 35.5 Å². The third-order valence-electron chi connectivity index (χ3n) is 4.64. The van der Waals surface area contributed by atoms with Crippen molar-refractivity contribution >= 4 is 23.6 Å². The van der Waals surface area contributed by atoms with Gasteiger partial charge in [-0.05, 0) is 18.4 Å². The maximum atomic E-state index is 12.9. The summed E-state index contributed by atoms with van der Waals surface area (Å²) in [5.41, 5.74) is 1.13. The number of ketones is 2. The van der Waals surface area contributed by atoms with Crippen molar-refractivity contribution in [3.05, 3.63) is 53.9 Å². The number of amides is 2. The molecule has 2 heterocycles. The van der Waals surface area contributed by atoms with Crippen molar-refractivity contribution in [2.24, 2.45) is 5.92 Å². The van der Waals surface area contributed by atoms with Gasteiger partial charge < -0.3 is 19.9 Å². The summed E-state index contributed by atoms with van der Waals surface area (Å²) in [5, 5.41) is 8.57. The number of nitrogens with one attached hydrogen (secondary N) is 2. The molecule has 0 radical (unpaired) electrons. The van der Waals surface area contributed by atoms with Gasteiger partial charge in [0.05, 0.1) is 6.20 Å². The molecule has 1 aliphatic rings. The zero-order valence-electron chi connectivity index (χ0n) is 15.6. The number of carbonyl (C=O) groups is 4. The SMILES string of the molecule is O=C(NC(C(=O)CC1CCCNC(=O)C1=O)c1cnoc1)OCc1ccccc1. The Hall–Kier alpha value is -3.49. The van der Waals surface area contributed by atoms with Crippen LogP contribution in [0.1, 0.15) is 36.4 Å². The van der Waals surface area contributed by atoms with E-state index in [4.69, 9.17) is 9.26 Å². The van der Waals surface area contributed by atoms with E-state index in [0.717, 1.165) is 5.56 Å². The van der Waals surface area contributed by atoms with Crippen LogP contribution in [0.5, 0.6) is 0 Å². The predicted molar refractivity (Wildman–Crippen MR) is 99.4 cm³/mol. The highest BCUT2D eigenvalue weighted by Crippen LogP contribution is 2.22. The summed E-state index contributed by atoms with van der Waals surface area (Å²) < 4.78 is 9.95. The molecule has 1 fully saturated rings. The predicted octanol–water partition coefficient (Wildman–Crippen LogP) is 1.70. The van der Waals surface area contributed by atoms with Crippen LogP contribution in [0.3, 0.4) is 0 Å². The summed E-state index contributed by atoms with van der Waals surface area (Å²) in [6.07, 6.45) is 2.58. The van der Waals surface area contributed by atoms with Crippen LogP contribution in [0, 0.1) is 5.92 Å². The van der Waals surface area contributed by atoms with E-state index in [0.29, 0.717) is 24.9 Å². The summed E-state index contributed by atoms with van der Waals surface area (Å²) in [6.45, 7) is 0.437. The van der Waals surface area contributed by atoms with E-state index in [-0.39, 0.29) is 13.0 Å². The van der Waals surface area contributed by atoms with Gasteiger partial charge >= 0.3 is 6.09 Å². The van der Waals surface area contributed by atoms with Crippen LogP contribution >= 0.6 is 0 Å². The van der Waals surface area contributed by atoms with Crippen molar-refractivity contribution in [3.63, 3.8) is 0 Å². The maximum Gasteiger partial charge on any atom is 0.408 e. The van der Waals surface area contributed by atoms with E-state index in [1.165, 1.54) is 12.5 Å². The Morgan fingerprint density at radius 1 is 1.28 bits per heavy atom. The van der Waals surface area contributed by atoms with Crippen LogP contribution in [-0.2, 0) is 25.7 Å². The van der Waals surface area contributed by atoms with Gasteiger partial charge in [0.15, 0.2) is 5.78 Å². The van der Waals surface area contributed by atoms with Crippen LogP contribution in [0.2, 0.25) is 0 Å². The second-order valence-electron chi connectivity index (χ2n) is 6.73. The Bertz CT molecular complexity index is 866. The maximum absolute atomic E-state index is 12.9. The summed E-state index contributed by atoms with van der Waals surface area (Å²) in [7, 11) is 0. The number of rotatable bonds is 7. The number of benzene rings is 1. The van der Waals surface area contributed by atoms with Crippen LogP contribution in [0.4, 0.5) is 4.79 Å². The molecule has 2 aromatic rings. The fourth-order valence-electron chi connectivity index (χ4n) is 3.10. The van der Waals surface area contributed by atoms with Gasteiger partial charge in [-0.2, -0.15) is 0 Å². The first-order valence-corrected chi connectivity index (χ1v) is 9.26. The van der Waals surface area contributed by atoms with Gasteiger partial charge in [0.25, 0.3) is 5.91 Å². The van der Waals surface area contributed by atoms with E-state index >= 15 is 0 Å². The number of ether oxygens (including phenoxy) is 1. The first-order chi connectivity index (χ1) is 14.0. The molecular weight excluding hydrogens is 378 g/mol. The third kappa shape index (κ3) is 5.50. The Morgan fingerprint density at radius 3 is 2.79 bits per heavy atom. The quantitative estimate of drug-likeness (QED) is 0.678. The molecule has 1 aliphatic heterocycles. The summed E-state index contributed by atoms with van der Waals surface area (Å²) in [4.78, 5) is 49.0. The fraction of sp³-hybridized carbons (Fsp3) is 0.350. The molecule has 0 spiro atoms. The van der Waals surface area contributed by atoms with Crippen LogP contribution in [0.15, 0.2) is 47.3 Å². The normalized spacial score (nSPS) is 17.7. The largest absolute Gasteiger partial charge is 0.445 e. The van der Waals surface area contributed by atoms with Gasteiger partial charge in [0.1, 0.15) is 18.9 Å². The Balaban J connectivity index is 1.65. The minimum atomic E-state index is -1.09. The highest BCUT2D eigenvalue weighted by atomic mass is 16.5. The molecule has 2 atom stereocenters. The number of aromatic nitrogens is 1. The molecule has 2 unspecified atom stereocenters. The lowest BCUT2D eigenvalue weighted by atomic mass is 9.90. The lowest BCUT2D eigenvalue weighted by molar-refractivity contribution is -0.140. The van der Waals surface area contributed by atoms with E-state index in [9.17, 15) is 19.2 Å². The molecule has 0 saturated carbocycles. The number of alkyl carbamates (subject to hydrolysis) is 1. The number of hydrogen-bond acceptors (Lipinski definition) is 7. The summed E-state index contributed by atoms with van der Waals surface area (Å²) in [5.74, 6) is -2.46. The number of nitrogens with zero attached hydrogens (tertiary/aromatic N) is 1. The Labute approximate surface area is 166 Å². The average Bonchev–Trinajstić information content (AvgIpc) is 3.22.